The lowest BCUT2D eigenvalue weighted by Crippen LogP contribution is -2.59. The van der Waals surface area contributed by atoms with Gasteiger partial charge in [0.25, 0.3) is 15.9 Å². The Morgan fingerprint density at radius 1 is 1.02 bits per heavy atom. The number of hydrogen-bond acceptors (Lipinski definition) is 8. The average molecular weight is 634 g/mol. The lowest BCUT2D eigenvalue weighted by Gasteiger charge is -2.49. The smallest absolute Gasteiger partial charge is 0.264 e. The van der Waals surface area contributed by atoms with Gasteiger partial charge in [-0.05, 0) is 68.4 Å². The maximum Gasteiger partial charge on any atom is 0.264 e. The van der Waals surface area contributed by atoms with Crippen LogP contribution in [-0.2, 0) is 14.8 Å². The van der Waals surface area contributed by atoms with E-state index < -0.39 is 16.1 Å². The molecule has 3 heterocycles. The predicted molar refractivity (Wildman–Crippen MR) is 168 cm³/mol. The van der Waals surface area contributed by atoms with E-state index in [2.05, 4.69) is 28.5 Å². The number of β-amino-alcohol motifs (C(OH)–C–C–N with tert-alkyl or cyclic N) is 1. The number of amides is 2. The number of nitrogens with zero attached hydrogens (tertiary/aromatic N) is 4. The number of nitrogens with one attached hydrogen (secondary N) is 1. The van der Waals surface area contributed by atoms with Crippen molar-refractivity contribution in [3.8, 4) is 17.1 Å². The number of rotatable bonds is 5. The van der Waals surface area contributed by atoms with Crippen LogP contribution >= 0.6 is 0 Å². The van der Waals surface area contributed by atoms with Gasteiger partial charge in [-0.25, -0.2) is 18.1 Å². The number of aliphatic hydroxyl groups is 1. The quantitative estimate of drug-likeness (QED) is 0.431. The lowest BCUT2D eigenvalue weighted by molar-refractivity contribution is -0.132. The van der Waals surface area contributed by atoms with E-state index >= 15 is 0 Å². The van der Waals surface area contributed by atoms with E-state index in [0.717, 1.165) is 16.7 Å². The van der Waals surface area contributed by atoms with Crippen molar-refractivity contribution in [2.24, 2.45) is 5.92 Å². The molecule has 2 aliphatic heterocycles. The Hall–Kier alpha value is -4.03. The number of aryl methyl sites for hydroxylation is 2. The third-order valence-corrected chi connectivity index (χ3v) is 10.2. The minimum absolute atomic E-state index is 0.0714. The minimum Gasteiger partial charge on any atom is -0.475 e. The first-order valence-electron chi connectivity index (χ1n) is 15.4. The van der Waals surface area contributed by atoms with Crippen LogP contribution in [0.15, 0.2) is 53.4 Å². The summed E-state index contributed by atoms with van der Waals surface area (Å²) in [6.45, 7) is 8.52. The summed E-state index contributed by atoms with van der Waals surface area (Å²) in [5.74, 6) is -0.0941. The Morgan fingerprint density at radius 2 is 1.73 bits per heavy atom. The molecule has 0 radical (unpaired) electrons. The Morgan fingerprint density at radius 3 is 2.40 bits per heavy atom. The first-order valence-corrected chi connectivity index (χ1v) is 16.9. The summed E-state index contributed by atoms with van der Waals surface area (Å²) in [5, 5.41) is 10.0. The zero-order valence-corrected chi connectivity index (χ0v) is 26.8. The van der Waals surface area contributed by atoms with Crippen molar-refractivity contribution in [3.05, 3.63) is 65.2 Å². The molecule has 4 bridgehead atoms. The summed E-state index contributed by atoms with van der Waals surface area (Å²) in [5.41, 5.74) is 3.55. The SMILES string of the molecule is Cc1cccc(C)c1-c1cc2nc(n1)NS(=O)(=O)c1cccc(c1)C(=O)N([C@H]1C[C@@H](N3C[C@@H](O)CC3=O)C1)[C@H](CC(C)C)CO2. The summed E-state index contributed by atoms with van der Waals surface area (Å²) in [6.07, 6.45) is 1.20. The van der Waals surface area contributed by atoms with E-state index in [0.29, 0.717) is 31.5 Å². The molecule has 1 saturated heterocycles. The molecule has 238 valence electrons. The second-order valence-electron chi connectivity index (χ2n) is 12.8. The van der Waals surface area contributed by atoms with Crippen LogP contribution < -0.4 is 9.46 Å². The number of aromatic nitrogens is 2. The molecule has 1 aliphatic carbocycles. The number of sulfonamides is 1. The summed E-state index contributed by atoms with van der Waals surface area (Å²) in [6, 6.07) is 12.9. The van der Waals surface area contributed by atoms with Crippen molar-refractivity contribution in [2.45, 2.75) is 82.5 Å². The van der Waals surface area contributed by atoms with Gasteiger partial charge in [-0.3, -0.25) is 9.59 Å². The van der Waals surface area contributed by atoms with Crippen molar-refractivity contribution in [1.29, 1.82) is 0 Å². The zero-order valence-electron chi connectivity index (χ0n) is 25.9. The van der Waals surface area contributed by atoms with Gasteiger partial charge in [-0.1, -0.05) is 38.1 Å². The standard InChI is InChI=1S/C33H39N5O6S/c1-19(2)11-25-18-44-29-16-28(31-20(3)7-5-8-21(31)4)34-33(35-29)36-45(42,43)27-10-6-9-22(12-27)32(41)38(25)24-13-23(14-24)37-17-26(39)15-30(37)40/h5-10,12,16,19,23-26,39H,11,13-15,17-18H2,1-4H3,(H,34,35,36)/t23-,24+,25-,26+/m1/s1. The highest BCUT2D eigenvalue weighted by Crippen LogP contribution is 2.37. The molecule has 12 heteroatoms. The fourth-order valence-electron chi connectivity index (χ4n) is 6.74. The van der Waals surface area contributed by atoms with Gasteiger partial charge in [0.15, 0.2) is 0 Å². The van der Waals surface area contributed by atoms with E-state index in [9.17, 15) is 23.1 Å². The van der Waals surface area contributed by atoms with Gasteiger partial charge < -0.3 is 19.6 Å². The zero-order chi connectivity index (χ0) is 32.0. The average Bonchev–Trinajstić information content (AvgIpc) is 3.28. The third kappa shape index (κ3) is 6.26. The van der Waals surface area contributed by atoms with Crippen LogP contribution in [-0.4, -0.2) is 82.5 Å². The van der Waals surface area contributed by atoms with E-state index in [-0.39, 0.29) is 71.2 Å². The molecule has 2 amide bonds. The van der Waals surface area contributed by atoms with Crippen LogP contribution in [0.5, 0.6) is 5.88 Å². The van der Waals surface area contributed by atoms with E-state index in [4.69, 9.17) is 4.74 Å². The molecular weight excluding hydrogens is 594 g/mol. The molecule has 3 aliphatic rings. The predicted octanol–water partition coefficient (Wildman–Crippen LogP) is 3.93. The first kappa shape index (κ1) is 31.0. The maximum absolute atomic E-state index is 14.3. The topological polar surface area (TPSA) is 142 Å². The number of hydrogen-bond donors (Lipinski definition) is 2. The Kier molecular flexibility index (Phi) is 8.30. The van der Waals surface area contributed by atoms with Crippen LogP contribution in [0.3, 0.4) is 0 Å². The molecule has 0 unspecified atom stereocenters. The number of benzene rings is 2. The number of likely N-dealkylation sites (tertiary alicyclic amines) is 1. The molecular formula is C33H39N5O6S. The van der Waals surface area contributed by atoms with Crippen molar-refractivity contribution >= 4 is 27.8 Å². The molecule has 45 heavy (non-hydrogen) atoms. The van der Waals surface area contributed by atoms with Gasteiger partial charge in [0.05, 0.1) is 29.2 Å². The number of fused-ring (bicyclic) bond motifs is 4. The van der Waals surface area contributed by atoms with Crippen LogP contribution in [0, 0.1) is 19.8 Å². The van der Waals surface area contributed by atoms with Gasteiger partial charge in [0.1, 0.15) is 6.61 Å². The third-order valence-electron chi connectivity index (χ3n) is 8.91. The number of ether oxygens (including phenoxy) is 1. The van der Waals surface area contributed by atoms with E-state index in [1.54, 1.807) is 23.1 Å². The Labute approximate surface area is 263 Å². The van der Waals surface area contributed by atoms with Crippen molar-refractivity contribution in [1.82, 2.24) is 19.8 Å². The number of anilines is 1. The summed E-state index contributed by atoms with van der Waals surface area (Å²) in [7, 11) is -4.16. The van der Waals surface area contributed by atoms with Crippen LogP contribution in [0.4, 0.5) is 5.95 Å². The monoisotopic (exact) mass is 633 g/mol. The van der Waals surface area contributed by atoms with Crippen LogP contribution in [0.25, 0.3) is 11.3 Å². The van der Waals surface area contributed by atoms with Gasteiger partial charge in [0.2, 0.25) is 17.7 Å². The molecule has 3 aromatic rings. The molecule has 6 rings (SSSR count). The Balaban J connectivity index is 1.42. The van der Waals surface area contributed by atoms with E-state index in [1.165, 1.54) is 12.1 Å². The normalized spacial score (nSPS) is 24.7. The van der Waals surface area contributed by atoms with Gasteiger partial charge in [0, 0.05) is 35.8 Å². The lowest BCUT2D eigenvalue weighted by atomic mass is 9.82. The number of carbonyl (C=O) groups is 2. The number of aliphatic hydroxyl groups excluding tert-OH is 1. The van der Waals surface area contributed by atoms with Gasteiger partial charge >= 0.3 is 0 Å². The van der Waals surface area contributed by atoms with Gasteiger partial charge in [-0.15, -0.1) is 0 Å². The highest BCUT2D eigenvalue weighted by Gasteiger charge is 2.46. The van der Waals surface area contributed by atoms with Crippen LogP contribution in [0.1, 0.15) is 61.0 Å². The number of carbonyl (C=O) groups excluding carboxylic acids is 2. The molecule has 11 nitrogen and oxygen atoms in total. The molecule has 2 aromatic carbocycles. The second-order valence-corrected chi connectivity index (χ2v) is 14.5. The van der Waals surface area contributed by atoms with Crippen molar-refractivity contribution in [3.63, 3.8) is 0 Å². The molecule has 1 aromatic heterocycles. The summed E-state index contributed by atoms with van der Waals surface area (Å²) < 4.78 is 36.0. The largest absolute Gasteiger partial charge is 0.475 e. The molecule has 2 N–H and O–H groups in total. The maximum atomic E-state index is 14.3. The summed E-state index contributed by atoms with van der Waals surface area (Å²) >= 11 is 0. The van der Waals surface area contributed by atoms with Crippen molar-refractivity contribution in [2.75, 3.05) is 17.9 Å². The molecule has 2 atom stereocenters. The molecule has 0 spiro atoms. The highest BCUT2D eigenvalue weighted by atomic mass is 32.2. The van der Waals surface area contributed by atoms with Crippen molar-refractivity contribution < 1.29 is 27.9 Å². The van der Waals surface area contributed by atoms with Crippen LogP contribution in [0.2, 0.25) is 0 Å². The Bertz CT molecular complexity index is 1720. The highest BCUT2D eigenvalue weighted by molar-refractivity contribution is 7.92. The minimum atomic E-state index is -4.16. The fraction of sp³-hybridized carbons (Fsp3) is 0.455. The van der Waals surface area contributed by atoms with Gasteiger partial charge in [-0.2, -0.15) is 4.98 Å². The fourth-order valence-corrected chi connectivity index (χ4v) is 7.73. The van der Waals surface area contributed by atoms with E-state index in [1.807, 2.05) is 36.9 Å². The first-order chi connectivity index (χ1) is 21.4. The summed E-state index contributed by atoms with van der Waals surface area (Å²) in [4.78, 5) is 39.3. The molecule has 2 fully saturated rings. The molecule has 1 saturated carbocycles. The second kappa shape index (κ2) is 12.1.